The van der Waals surface area contributed by atoms with Gasteiger partial charge in [0, 0.05) is 6.54 Å². The van der Waals surface area contributed by atoms with Crippen LogP contribution in [0.2, 0.25) is 0 Å². The second-order valence-electron chi connectivity index (χ2n) is 6.28. The first-order valence-corrected chi connectivity index (χ1v) is 8.34. The Bertz CT molecular complexity index is 759. The average molecular weight is 339 g/mol. The standard InChI is InChI=1S/C20H21NO4/c1-14-12-21(13-18(25-14)15-7-3-2-4-8-15)19(22)11-16-9-5-6-10-17(16)20(23)24/h2-10,14,18H,11-13H2,1H3,(H,23,24). The van der Waals surface area contributed by atoms with Gasteiger partial charge in [-0.2, -0.15) is 0 Å². The Morgan fingerprint density at radius 2 is 1.76 bits per heavy atom. The van der Waals surface area contributed by atoms with Crippen LogP contribution in [0, 0.1) is 0 Å². The van der Waals surface area contributed by atoms with E-state index in [1.54, 1.807) is 23.1 Å². The van der Waals surface area contributed by atoms with E-state index in [2.05, 4.69) is 0 Å². The zero-order chi connectivity index (χ0) is 17.8. The first kappa shape index (κ1) is 17.2. The maximum atomic E-state index is 12.7. The van der Waals surface area contributed by atoms with E-state index < -0.39 is 5.97 Å². The van der Waals surface area contributed by atoms with Gasteiger partial charge in [0.25, 0.3) is 0 Å². The van der Waals surface area contributed by atoms with Gasteiger partial charge in [0.05, 0.1) is 24.6 Å². The fourth-order valence-electron chi connectivity index (χ4n) is 3.16. The zero-order valence-corrected chi connectivity index (χ0v) is 14.1. The minimum atomic E-state index is -1.01. The molecule has 1 heterocycles. The maximum Gasteiger partial charge on any atom is 0.335 e. The number of carbonyl (C=O) groups excluding carboxylic acids is 1. The number of amides is 1. The molecule has 0 saturated carbocycles. The van der Waals surface area contributed by atoms with E-state index in [4.69, 9.17) is 4.74 Å². The molecule has 2 aromatic rings. The van der Waals surface area contributed by atoms with E-state index in [9.17, 15) is 14.7 Å². The van der Waals surface area contributed by atoms with Crippen LogP contribution >= 0.6 is 0 Å². The van der Waals surface area contributed by atoms with Crippen LogP contribution in [0.1, 0.15) is 34.5 Å². The Morgan fingerprint density at radius 3 is 2.48 bits per heavy atom. The molecule has 1 fully saturated rings. The molecule has 0 aliphatic carbocycles. The summed E-state index contributed by atoms with van der Waals surface area (Å²) in [5.41, 5.74) is 1.75. The summed E-state index contributed by atoms with van der Waals surface area (Å²) in [6.45, 7) is 2.93. The zero-order valence-electron chi connectivity index (χ0n) is 14.1. The maximum absolute atomic E-state index is 12.7. The minimum absolute atomic E-state index is 0.0716. The summed E-state index contributed by atoms with van der Waals surface area (Å²) < 4.78 is 5.98. The lowest BCUT2D eigenvalue weighted by molar-refractivity contribution is -0.144. The SMILES string of the molecule is CC1CN(C(=O)Cc2ccccc2C(=O)O)CC(c2ccccc2)O1. The van der Waals surface area contributed by atoms with Crippen LogP contribution in [-0.2, 0) is 16.0 Å². The first-order chi connectivity index (χ1) is 12.0. The summed E-state index contributed by atoms with van der Waals surface area (Å²) in [6, 6.07) is 16.5. The fourth-order valence-corrected chi connectivity index (χ4v) is 3.16. The van der Waals surface area contributed by atoms with Crippen molar-refractivity contribution in [3.63, 3.8) is 0 Å². The molecule has 0 spiro atoms. The molecule has 1 saturated heterocycles. The molecule has 2 aromatic carbocycles. The van der Waals surface area contributed by atoms with E-state index in [1.807, 2.05) is 37.3 Å². The highest BCUT2D eigenvalue weighted by Gasteiger charge is 2.29. The number of carboxylic acids is 1. The van der Waals surface area contributed by atoms with Gasteiger partial charge in [-0.05, 0) is 24.1 Å². The third-order valence-electron chi connectivity index (χ3n) is 4.37. The molecule has 2 atom stereocenters. The van der Waals surface area contributed by atoms with Crippen LogP contribution < -0.4 is 0 Å². The van der Waals surface area contributed by atoms with Gasteiger partial charge in [0.1, 0.15) is 6.10 Å². The Hall–Kier alpha value is -2.66. The molecular formula is C20H21NO4. The van der Waals surface area contributed by atoms with Crippen molar-refractivity contribution in [3.05, 3.63) is 71.3 Å². The second-order valence-corrected chi connectivity index (χ2v) is 6.28. The average Bonchev–Trinajstić information content (AvgIpc) is 2.62. The highest BCUT2D eigenvalue weighted by atomic mass is 16.5. The van der Waals surface area contributed by atoms with Crippen LogP contribution in [0.4, 0.5) is 0 Å². The number of ether oxygens (including phenoxy) is 1. The van der Waals surface area contributed by atoms with E-state index in [0.717, 1.165) is 5.56 Å². The number of nitrogens with zero attached hydrogens (tertiary/aromatic N) is 1. The van der Waals surface area contributed by atoms with Gasteiger partial charge < -0.3 is 14.7 Å². The molecule has 0 aromatic heterocycles. The summed E-state index contributed by atoms with van der Waals surface area (Å²) >= 11 is 0. The van der Waals surface area contributed by atoms with Crippen molar-refractivity contribution in [1.82, 2.24) is 4.90 Å². The van der Waals surface area contributed by atoms with Gasteiger partial charge in [-0.15, -0.1) is 0 Å². The molecule has 2 unspecified atom stereocenters. The van der Waals surface area contributed by atoms with Crippen LogP contribution in [0.15, 0.2) is 54.6 Å². The molecule has 5 heteroatoms. The van der Waals surface area contributed by atoms with E-state index >= 15 is 0 Å². The van der Waals surface area contributed by atoms with Gasteiger partial charge in [-0.3, -0.25) is 4.79 Å². The van der Waals surface area contributed by atoms with Gasteiger partial charge in [0.15, 0.2) is 0 Å². The molecule has 5 nitrogen and oxygen atoms in total. The smallest absolute Gasteiger partial charge is 0.335 e. The Kier molecular flexibility index (Phi) is 5.14. The topological polar surface area (TPSA) is 66.8 Å². The van der Waals surface area contributed by atoms with Crippen molar-refractivity contribution < 1.29 is 19.4 Å². The molecule has 1 aliphatic heterocycles. The molecule has 0 radical (unpaired) electrons. The van der Waals surface area contributed by atoms with Gasteiger partial charge in [-0.1, -0.05) is 48.5 Å². The highest BCUT2D eigenvalue weighted by Crippen LogP contribution is 2.25. The summed E-state index contributed by atoms with van der Waals surface area (Å²) in [7, 11) is 0. The normalized spacial score (nSPS) is 20.3. The van der Waals surface area contributed by atoms with Crippen molar-refractivity contribution in [2.24, 2.45) is 0 Å². The summed E-state index contributed by atoms with van der Waals surface area (Å²) in [4.78, 5) is 25.8. The van der Waals surface area contributed by atoms with Crippen LogP contribution in [0.5, 0.6) is 0 Å². The number of morpholine rings is 1. The molecule has 130 valence electrons. The lowest BCUT2D eigenvalue weighted by atomic mass is 10.0. The van der Waals surface area contributed by atoms with Crippen LogP contribution in [-0.4, -0.2) is 41.1 Å². The predicted molar refractivity (Wildman–Crippen MR) is 93.4 cm³/mol. The molecule has 25 heavy (non-hydrogen) atoms. The van der Waals surface area contributed by atoms with Crippen molar-refractivity contribution in [3.8, 4) is 0 Å². The van der Waals surface area contributed by atoms with Gasteiger partial charge in [0.2, 0.25) is 5.91 Å². The van der Waals surface area contributed by atoms with Crippen molar-refractivity contribution >= 4 is 11.9 Å². The first-order valence-electron chi connectivity index (χ1n) is 8.34. The number of aromatic carboxylic acids is 1. The number of hydrogen-bond acceptors (Lipinski definition) is 3. The summed E-state index contributed by atoms with van der Waals surface area (Å²) in [5.74, 6) is -1.09. The largest absolute Gasteiger partial charge is 0.478 e. The number of carboxylic acid groups (broad SMARTS) is 1. The Labute approximate surface area is 146 Å². The number of benzene rings is 2. The predicted octanol–water partition coefficient (Wildman–Crippen LogP) is 2.92. The van der Waals surface area contributed by atoms with Gasteiger partial charge >= 0.3 is 5.97 Å². The highest BCUT2D eigenvalue weighted by molar-refractivity contribution is 5.91. The third kappa shape index (κ3) is 4.06. The van der Waals surface area contributed by atoms with Crippen LogP contribution in [0.3, 0.4) is 0 Å². The summed E-state index contributed by atoms with van der Waals surface area (Å²) in [5, 5.41) is 9.28. The van der Waals surface area contributed by atoms with Crippen LogP contribution in [0.25, 0.3) is 0 Å². The lowest BCUT2D eigenvalue weighted by Crippen LogP contribution is -2.46. The van der Waals surface area contributed by atoms with Crippen molar-refractivity contribution in [2.45, 2.75) is 25.6 Å². The molecule has 1 amide bonds. The molecule has 1 aliphatic rings. The monoisotopic (exact) mass is 339 g/mol. The number of hydrogen-bond donors (Lipinski definition) is 1. The molecule has 3 rings (SSSR count). The number of rotatable bonds is 4. The number of carbonyl (C=O) groups is 2. The molecule has 0 bridgehead atoms. The van der Waals surface area contributed by atoms with E-state index in [0.29, 0.717) is 18.7 Å². The Morgan fingerprint density at radius 1 is 1.08 bits per heavy atom. The van der Waals surface area contributed by atoms with Gasteiger partial charge in [-0.25, -0.2) is 4.79 Å². The quantitative estimate of drug-likeness (QED) is 0.930. The fraction of sp³-hybridized carbons (Fsp3) is 0.300. The molecule has 1 N–H and O–H groups in total. The van der Waals surface area contributed by atoms with Crippen molar-refractivity contribution in [2.75, 3.05) is 13.1 Å². The second kappa shape index (κ2) is 7.49. The lowest BCUT2D eigenvalue weighted by Gasteiger charge is -2.37. The summed E-state index contributed by atoms with van der Waals surface area (Å²) in [6.07, 6.45) is -0.155. The Balaban J connectivity index is 1.75. The van der Waals surface area contributed by atoms with E-state index in [-0.39, 0.29) is 30.1 Å². The third-order valence-corrected chi connectivity index (χ3v) is 4.37. The van der Waals surface area contributed by atoms with E-state index in [1.165, 1.54) is 6.07 Å². The molecular weight excluding hydrogens is 318 g/mol. The minimum Gasteiger partial charge on any atom is -0.478 e. The van der Waals surface area contributed by atoms with Crippen molar-refractivity contribution in [1.29, 1.82) is 0 Å².